The molecule has 0 amide bonds. The molecule has 0 radical (unpaired) electrons. The van der Waals surface area contributed by atoms with Gasteiger partial charge in [-0.05, 0) is 19.8 Å². The quantitative estimate of drug-likeness (QED) is 0.292. The molecule has 0 aromatic carbocycles. The summed E-state index contributed by atoms with van der Waals surface area (Å²) in [6, 6.07) is 0. The zero-order valence-electron chi connectivity index (χ0n) is 5.72. The van der Waals surface area contributed by atoms with Gasteiger partial charge >= 0.3 is 0 Å². The van der Waals surface area contributed by atoms with Crippen LogP contribution in [0.5, 0.6) is 0 Å². The van der Waals surface area contributed by atoms with E-state index in [4.69, 9.17) is 0 Å². The van der Waals surface area contributed by atoms with Gasteiger partial charge < -0.3 is 0 Å². The maximum atomic E-state index is 2.18. The Bertz CT molecular complexity index is 70.4. The minimum absolute atomic E-state index is 1.18. The van der Waals surface area contributed by atoms with Gasteiger partial charge in [0.2, 0.25) is 0 Å². The average molecular weight is 108 g/mol. The Kier molecular flexibility index (Phi) is 6.17. The minimum atomic E-state index is 1.18. The van der Waals surface area contributed by atoms with E-state index in [9.17, 15) is 0 Å². The molecule has 0 aromatic heterocycles. The van der Waals surface area contributed by atoms with Gasteiger partial charge in [0.15, 0.2) is 0 Å². The third kappa shape index (κ3) is 5.54. The number of hydrogen-bond donors (Lipinski definition) is 0. The van der Waals surface area contributed by atoms with E-state index < -0.39 is 0 Å². The lowest BCUT2D eigenvalue weighted by molar-refractivity contribution is 1.05. The van der Waals surface area contributed by atoms with Gasteiger partial charge in [0, 0.05) is 0 Å². The highest BCUT2D eigenvalue weighted by atomic mass is 13.8. The molecule has 0 bridgehead atoms. The molecule has 0 spiro atoms. The van der Waals surface area contributed by atoms with Crippen LogP contribution in [0.15, 0.2) is 24.2 Å². The molecule has 0 aliphatic heterocycles. The fourth-order valence-electron chi connectivity index (χ4n) is 0.526. The summed E-state index contributed by atoms with van der Waals surface area (Å²) < 4.78 is 0. The van der Waals surface area contributed by atoms with Crippen LogP contribution < -0.4 is 0 Å². The van der Waals surface area contributed by atoms with Gasteiger partial charge in [-0.25, -0.2) is 0 Å². The van der Waals surface area contributed by atoms with Gasteiger partial charge in [-0.15, -0.1) is 5.98 Å². The van der Waals surface area contributed by atoms with Crippen molar-refractivity contribution < 1.29 is 0 Å². The van der Waals surface area contributed by atoms with Crippen molar-refractivity contribution in [3.05, 3.63) is 24.2 Å². The zero-order valence-corrected chi connectivity index (χ0v) is 5.72. The number of hydrogen-bond acceptors (Lipinski definition) is 0. The van der Waals surface area contributed by atoms with Crippen molar-refractivity contribution in [2.24, 2.45) is 0 Å². The predicted octanol–water partition coefficient (Wildman–Crippen LogP) is 1.49. The highest BCUT2D eigenvalue weighted by Gasteiger charge is 1.70. The van der Waals surface area contributed by atoms with Gasteiger partial charge in [-0.2, -0.15) is 0 Å². The molecular formula is C7H13B. The molecule has 0 fully saturated rings. The summed E-state index contributed by atoms with van der Waals surface area (Å²) in [5.41, 5.74) is 0. The van der Waals surface area contributed by atoms with E-state index in [0.29, 0.717) is 0 Å². The SMILES string of the molecule is B/C=C/CC/C=C/C. The Morgan fingerprint density at radius 2 is 1.88 bits per heavy atom. The second-order valence-electron chi connectivity index (χ2n) is 1.72. The third-order valence-corrected chi connectivity index (χ3v) is 0.971. The first-order valence-electron chi connectivity index (χ1n) is 3.14. The van der Waals surface area contributed by atoms with E-state index in [1.165, 1.54) is 12.8 Å². The van der Waals surface area contributed by atoms with Crippen LogP contribution in [-0.4, -0.2) is 7.85 Å². The average Bonchev–Trinajstić information content (AvgIpc) is 1.81. The molecular weight excluding hydrogens is 94.9 g/mol. The van der Waals surface area contributed by atoms with Gasteiger partial charge in [0.1, 0.15) is 7.85 Å². The summed E-state index contributed by atoms with van der Waals surface area (Å²) >= 11 is 0. The van der Waals surface area contributed by atoms with Crippen LogP contribution in [0.4, 0.5) is 0 Å². The lowest BCUT2D eigenvalue weighted by Crippen LogP contribution is -1.62. The second-order valence-corrected chi connectivity index (χ2v) is 1.72. The lowest BCUT2D eigenvalue weighted by atomic mass is 10.1. The summed E-state index contributed by atoms with van der Waals surface area (Å²) in [6.45, 7) is 2.05. The maximum Gasteiger partial charge on any atom is 0.129 e. The van der Waals surface area contributed by atoms with Crippen molar-refractivity contribution in [2.75, 3.05) is 0 Å². The predicted molar refractivity (Wildman–Crippen MR) is 41.7 cm³/mol. The fraction of sp³-hybridized carbons (Fsp3) is 0.429. The topological polar surface area (TPSA) is 0 Å². The second kappa shape index (κ2) is 6.54. The molecule has 44 valence electrons. The van der Waals surface area contributed by atoms with Crippen LogP contribution in [0.1, 0.15) is 19.8 Å². The van der Waals surface area contributed by atoms with Crippen LogP contribution in [0, 0.1) is 0 Å². The van der Waals surface area contributed by atoms with Crippen molar-refractivity contribution >= 4 is 7.85 Å². The molecule has 0 rings (SSSR count). The molecule has 0 unspecified atom stereocenters. The van der Waals surface area contributed by atoms with Gasteiger partial charge in [0.25, 0.3) is 0 Å². The summed E-state index contributed by atoms with van der Waals surface area (Å²) in [4.78, 5) is 0. The first-order chi connectivity index (χ1) is 3.91. The number of allylic oxidation sites excluding steroid dienone is 3. The smallest absolute Gasteiger partial charge is 0.128 e. The van der Waals surface area contributed by atoms with Crippen LogP contribution >= 0.6 is 0 Å². The monoisotopic (exact) mass is 108 g/mol. The molecule has 0 aliphatic rings. The van der Waals surface area contributed by atoms with Crippen molar-refractivity contribution in [3.63, 3.8) is 0 Å². The van der Waals surface area contributed by atoms with Crippen molar-refractivity contribution in [2.45, 2.75) is 19.8 Å². The van der Waals surface area contributed by atoms with Crippen molar-refractivity contribution in [1.82, 2.24) is 0 Å². The van der Waals surface area contributed by atoms with Crippen molar-refractivity contribution in [3.8, 4) is 0 Å². The molecule has 1 heteroatoms. The van der Waals surface area contributed by atoms with Gasteiger partial charge in [-0.3, -0.25) is 0 Å². The largest absolute Gasteiger partial charge is 0.129 e. The molecule has 0 heterocycles. The molecule has 0 N–H and O–H groups in total. The highest BCUT2D eigenvalue weighted by Crippen LogP contribution is 1.90. The molecule has 0 saturated heterocycles. The van der Waals surface area contributed by atoms with Crippen molar-refractivity contribution in [1.29, 1.82) is 0 Å². The van der Waals surface area contributed by atoms with Gasteiger partial charge in [0.05, 0.1) is 0 Å². The Balaban J connectivity index is 2.93. The number of unbranched alkanes of at least 4 members (excludes halogenated alkanes) is 1. The first-order valence-corrected chi connectivity index (χ1v) is 3.14. The summed E-state index contributed by atoms with van der Waals surface area (Å²) in [6.07, 6.45) is 8.81. The normalized spacial score (nSPS) is 11.6. The van der Waals surface area contributed by atoms with E-state index in [1.807, 2.05) is 0 Å². The molecule has 0 saturated carbocycles. The standard InChI is InChI=1S/C7H13B/c1-2-3-4-5-6-7-8/h2-3,6-7H,4-5,8H2,1H3/b3-2+,7-6+. The summed E-state index contributed by atoms with van der Waals surface area (Å²) in [5, 5.41) is 0. The molecule has 0 nitrogen and oxygen atoms in total. The van der Waals surface area contributed by atoms with E-state index in [-0.39, 0.29) is 0 Å². The highest BCUT2D eigenvalue weighted by molar-refractivity contribution is 6.16. The van der Waals surface area contributed by atoms with Gasteiger partial charge in [-0.1, -0.05) is 18.2 Å². The van der Waals surface area contributed by atoms with E-state index in [2.05, 4.69) is 39.0 Å². The van der Waals surface area contributed by atoms with Crippen LogP contribution in [-0.2, 0) is 0 Å². The van der Waals surface area contributed by atoms with E-state index in [1.54, 1.807) is 0 Å². The Morgan fingerprint density at radius 3 is 2.38 bits per heavy atom. The Morgan fingerprint density at radius 1 is 1.25 bits per heavy atom. The Hall–Kier alpha value is -0.455. The molecule has 0 aliphatic carbocycles. The zero-order chi connectivity index (χ0) is 6.24. The minimum Gasteiger partial charge on any atom is -0.128 e. The number of rotatable bonds is 3. The van der Waals surface area contributed by atoms with E-state index >= 15 is 0 Å². The van der Waals surface area contributed by atoms with Crippen LogP contribution in [0.25, 0.3) is 0 Å². The molecule has 0 atom stereocenters. The fourth-order valence-corrected chi connectivity index (χ4v) is 0.526. The molecule has 0 aromatic rings. The Labute approximate surface area is 52.7 Å². The van der Waals surface area contributed by atoms with Crippen LogP contribution in [0.3, 0.4) is 0 Å². The lowest BCUT2D eigenvalue weighted by Gasteiger charge is -1.81. The maximum absolute atomic E-state index is 2.18. The molecule has 8 heavy (non-hydrogen) atoms. The summed E-state index contributed by atoms with van der Waals surface area (Å²) in [7, 11) is 2.05. The van der Waals surface area contributed by atoms with E-state index in [0.717, 1.165) is 0 Å². The third-order valence-electron chi connectivity index (χ3n) is 0.971. The van der Waals surface area contributed by atoms with Crippen LogP contribution in [0.2, 0.25) is 0 Å². The first kappa shape index (κ1) is 7.54. The summed E-state index contributed by atoms with van der Waals surface area (Å²) in [5.74, 6) is 2.09.